The van der Waals surface area contributed by atoms with Crippen LogP contribution in [0.2, 0.25) is 0 Å². The van der Waals surface area contributed by atoms with E-state index in [9.17, 15) is 0 Å². The van der Waals surface area contributed by atoms with E-state index in [-0.39, 0.29) is 0 Å². The van der Waals surface area contributed by atoms with Crippen molar-refractivity contribution in [2.45, 2.75) is 18.4 Å². The number of anilines is 1. The molecule has 1 N–H and O–H groups in total. The summed E-state index contributed by atoms with van der Waals surface area (Å²) >= 11 is 1.78. The zero-order valence-electron chi connectivity index (χ0n) is 11.1. The molecule has 2 aromatic rings. The Morgan fingerprint density at radius 3 is 2.84 bits per heavy atom. The van der Waals surface area contributed by atoms with Crippen molar-refractivity contribution < 1.29 is 0 Å². The molecule has 0 aliphatic heterocycles. The van der Waals surface area contributed by atoms with Crippen LogP contribution in [0.3, 0.4) is 0 Å². The van der Waals surface area contributed by atoms with Crippen LogP contribution in [0.1, 0.15) is 11.3 Å². The van der Waals surface area contributed by atoms with Crippen molar-refractivity contribution in [3.05, 3.63) is 66.5 Å². The van der Waals surface area contributed by atoms with Gasteiger partial charge < -0.3 is 5.32 Å². The molecule has 0 saturated heterocycles. The van der Waals surface area contributed by atoms with Gasteiger partial charge in [0.05, 0.1) is 12.2 Å². The van der Waals surface area contributed by atoms with E-state index in [2.05, 4.69) is 47.2 Å². The van der Waals surface area contributed by atoms with Gasteiger partial charge in [0.1, 0.15) is 0 Å². The van der Waals surface area contributed by atoms with Gasteiger partial charge in [-0.05, 0) is 30.7 Å². The summed E-state index contributed by atoms with van der Waals surface area (Å²) in [7, 11) is 0. The van der Waals surface area contributed by atoms with Gasteiger partial charge in [-0.15, -0.1) is 18.3 Å². The number of aryl methyl sites for hydroxylation is 1. The van der Waals surface area contributed by atoms with E-state index in [0.29, 0.717) is 0 Å². The second kappa shape index (κ2) is 7.00. The van der Waals surface area contributed by atoms with E-state index < -0.39 is 0 Å². The molecule has 0 unspecified atom stereocenters. The van der Waals surface area contributed by atoms with Gasteiger partial charge in [-0.1, -0.05) is 24.3 Å². The summed E-state index contributed by atoms with van der Waals surface area (Å²) in [5.74, 6) is 0.918. The molecule has 1 aromatic carbocycles. The number of thioether (sulfide) groups is 1. The fraction of sp³-hybridized carbons (Fsp3) is 0.188. The average Bonchev–Trinajstić information content (AvgIpc) is 2.45. The largest absolute Gasteiger partial charge is 0.378 e. The third-order valence-electron chi connectivity index (χ3n) is 2.68. The normalized spacial score (nSPS) is 10.2. The molecule has 0 fully saturated rings. The van der Waals surface area contributed by atoms with E-state index in [1.165, 1.54) is 10.5 Å². The van der Waals surface area contributed by atoms with E-state index in [4.69, 9.17) is 0 Å². The van der Waals surface area contributed by atoms with Gasteiger partial charge in [0.15, 0.2) is 0 Å². The van der Waals surface area contributed by atoms with Gasteiger partial charge >= 0.3 is 0 Å². The Kier molecular flexibility index (Phi) is 5.04. The topological polar surface area (TPSA) is 24.9 Å². The van der Waals surface area contributed by atoms with Crippen molar-refractivity contribution in [3.8, 4) is 0 Å². The van der Waals surface area contributed by atoms with Gasteiger partial charge in [0.2, 0.25) is 0 Å². The minimum Gasteiger partial charge on any atom is -0.378 e. The lowest BCUT2D eigenvalue weighted by Crippen LogP contribution is -2.02. The number of para-hydroxylation sites is 1. The first-order chi connectivity index (χ1) is 9.29. The number of hydrogen-bond donors (Lipinski definition) is 1. The molecule has 2 rings (SSSR count). The number of pyridine rings is 1. The highest BCUT2D eigenvalue weighted by Crippen LogP contribution is 2.27. The first-order valence-corrected chi connectivity index (χ1v) is 7.26. The van der Waals surface area contributed by atoms with E-state index in [1.54, 1.807) is 11.8 Å². The third kappa shape index (κ3) is 4.14. The lowest BCUT2D eigenvalue weighted by molar-refractivity contribution is 1.03. The van der Waals surface area contributed by atoms with Crippen molar-refractivity contribution >= 4 is 17.4 Å². The lowest BCUT2D eigenvalue weighted by atomic mass is 10.2. The molecule has 98 valence electrons. The van der Waals surface area contributed by atoms with Crippen LogP contribution in [-0.4, -0.2) is 10.7 Å². The van der Waals surface area contributed by atoms with Crippen molar-refractivity contribution in [3.63, 3.8) is 0 Å². The number of nitrogens with one attached hydrogen (secondary N) is 1. The molecule has 2 nitrogen and oxygen atoms in total. The molecule has 0 saturated carbocycles. The van der Waals surface area contributed by atoms with Crippen LogP contribution in [0.25, 0.3) is 0 Å². The lowest BCUT2D eigenvalue weighted by Gasteiger charge is -2.10. The van der Waals surface area contributed by atoms with Crippen LogP contribution in [0.5, 0.6) is 0 Å². The Balaban J connectivity index is 2.02. The Labute approximate surface area is 119 Å². The van der Waals surface area contributed by atoms with Gasteiger partial charge in [0.25, 0.3) is 0 Å². The minimum atomic E-state index is 0.742. The summed E-state index contributed by atoms with van der Waals surface area (Å²) < 4.78 is 0. The SMILES string of the molecule is C=CCSc1ccccc1NCc1ccc(C)cn1. The Hall–Kier alpha value is -1.74. The predicted octanol–water partition coefficient (Wildman–Crippen LogP) is 4.28. The fourth-order valence-electron chi connectivity index (χ4n) is 1.68. The van der Waals surface area contributed by atoms with Crippen LogP contribution in [0.15, 0.2) is 60.1 Å². The molecule has 0 atom stereocenters. The summed E-state index contributed by atoms with van der Waals surface area (Å²) in [4.78, 5) is 5.64. The molecular formula is C16H18N2S. The fourth-order valence-corrected chi connectivity index (χ4v) is 2.44. The first kappa shape index (κ1) is 13.7. The molecular weight excluding hydrogens is 252 g/mol. The van der Waals surface area contributed by atoms with Crippen LogP contribution in [0.4, 0.5) is 5.69 Å². The van der Waals surface area contributed by atoms with E-state index >= 15 is 0 Å². The quantitative estimate of drug-likeness (QED) is 0.626. The monoisotopic (exact) mass is 270 g/mol. The summed E-state index contributed by atoms with van der Waals surface area (Å²) in [5.41, 5.74) is 3.39. The highest BCUT2D eigenvalue weighted by molar-refractivity contribution is 7.99. The predicted molar refractivity (Wildman–Crippen MR) is 83.7 cm³/mol. The maximum atomic E-state index is 4.40. The van der Waals surface area contributed by atoms with Gasteiger partial charge in [-0.3, -0.25) is 4.98 Å². The molecule has 1 aromatic heterocycles. The van der Waals surface area contributed by atoms with Crippen molar-refractivity contribution in [2.75, 3.05) is 11.1 Å². The zero-order valence-corrected chi connectivity index (χ0v) is 11.9. The molecule has 0 radical (unpaired) electrons. The minimum absolute atomic E-state index is 0.742. The van der Waals surface area contributed by atoms with E-state index in [0.717, 1.165) is 23.7 Å². The number of nitrogens with zero attached hydrogens (tertiary/aromatic N) is 1. The van der Waals surface area contributed by atoms with E-state index in [1.807, 2.05) is 25.3 Å². The molecule has 0 bridgehead atoms. The van der Waals surface area contributed by atoms with Crippen LogP contribution < -0.4 is 5.32 Å². The van der Waals surface area contributed by atoms with Gasteiger partial charge in [0, 0.05) is 22.5 Å². The van der Waals surface area contributed by atoms with Crippen molar-refractivity contribution in [2.24, 2.45) is 0 Å². The van der Waals surface area contributed by atoms with Gasteiger partial charge in [-0.2, -0.15) is 0 Å². The van der Waals surface area contributed by atoms with Gasteiger partial charge in [-0.25, -0.2) is 0 Å². The summed E-state index contributed by atoms with van der Waals surface area (Å²) in [5, 5.41) is 3.44. The highest BCUT2D eigenvalue weighted by Gasteiger charge is 2.01. The Bertz CT molecular complexity index is 535. The molecule has 0 spiro atoms. The maximum Gasteiger partial charge on any atom is 0.0594 e. The third-order valence-corrected chi connectivity index (χ3v) is 3.75. The molecule has 0 amide bonds. The number of aromatic nitrogens is 1. The standard InChI is InChI=1S/C16H18N2S/c1-3-10-19-16-7-5-4-6-15(16)18-12-14-9-8-13(2)11-17-14/h3-9,11,18H,1,10,12H2,2H3. The van der Waals surface area contributed by atoms with Crippen LogP contribution in [-0.2, 0) is 6.54 Å². The molecule has 0 aliphatic rings. The Morgan fingerprint density at radius 2 is 2.11 bits per heavy atom. The molecule has 1 heterocycles. The number of rotatable bonds is 6. The summed E-state index contributed by atoms with van der Waals surface area (Å²) in [6.45, 7) is 6.55. The Morgan fingerprint density at radius 1 is 1.26 bits per heavy atom. The zero-order chi connectivity index (χ0) is 13.5. The smallest absolute Gasteiger partial charge is 0.0594 e. The summed E-state index contributed by atoms with van der Waals surface area (Å²) in [6.07, 6.45) is 3.82. The highest BCUT2D eigenvalue weighted by atomic mass is 32.2. The van der Waals surface area contributed by atoms with Crippen LogP contribution >= 0.6 is 11.8 Å². The first-order valence-electron chi connectivity index (χ1n) is 6.27. The molecule has 19 heavy (non-hydrogen) atoms. The second-order valence-electron chi connectivity index (χ2n) is 4.28. The number of benzene rings is 1. The summed E-state index contributed by atoms with van der Waals surface area (Å²) in [6, 6.07) is 12.5. The van der Waals surface area contributed by atoms with Crippen molar-refractivity contribution in [1.29, 1.82) is 0 Å². The average molecular weight is 270 g/mol. The second-order valence-corrected chi connectivity index (χ2v) is 5.34. The van der Waals surface area contributed by atoms with Crippen LogP contribution in [0, 0.1) is 6.92 Å². The maximum absolute atomic E-state index is 4.40. The number of hydrogen-bond acceptors (Lipinski definition) is 3. The van der Waals surface area contributed by atoms with Crippen molar-refractivity contribution in [1.82, 2.24) is 4.98 Å². The molecule has 0 aliphatic carbocycles. The molecule has 3 heteroatoms.